The summed E-state index contributed by atoms with van der Waals surface area (Å²) in [6, 6.07) is 15.3. The Morgan fingerprint density at radius 2 is 1.85 bits per heavy atom. The third-order valence-corrected chi connectivity index (χ3v) is 3.56. The third kappa shape index (κ3) is 2.99. The van der Waals surface area contributed by atoms with Gasteiger partial charge in [0.25, 0.3) is 5.91 Å². The molecule has 2 aromatic rings. The molecule has 2 rings (SSSR count). The topological polar surface area (TPSA) is 46.3 Å². The quantitative estimate of drug-likeness (QED) is 0.867. The normalized spacial score (nSPS) is 11.9. The monoisotopic (exact) mass is 268 g/mol. The van der Waals surface area contributed by atoms with Gasteiger partial charge in [-0.05, 0) is 43.7 Å². The van der Waals surface area contributed by atoms with E-state index in [1.807, 2.05) is 69.4 Å². The average Bonchev–Trinajstić information content (AvgIpc) is 2.45. The first kappa shape index (κ1) is 14.1. The second kappa shape index (κ2) is 5.78. The van der Waals surface area contributed by atoms with Crippen molar-refractivity contribution in [3.05, 3.63) is 65.2 Å². The van der Waals surface area contributed by atoms with Crippen molar-refractivity contribution in [2.45, 2.75) is 19.9 Å². The number of hydrogen-bond donors (Lipinski definition) is 1. The van der Waals surface area contributed by atoms with E-state index in [2.05, 4.69) is 0 Å². The SMILES string of the molecule is Cc1cccc(C(=O)N(C)C(C)c2cccc(N)c2)c1. The molecule has 0 aromatic heterocycles. The van der Waals surface area contributed by atoms with Gasteiger partial charge in [0.15, 0.2) is 0 Å². The van der Waals surface area contributed by atoms with E-state index in [4.69, 9.17) is 5.73 Å². The van der Waals surface area contributed by atoms with E-state index >= 15 is 0 Å². The molecular formula is C17H20N2O. The zero-order chi connectivity index (χ0) is 14.7. The van der Waals surface area contributed by atoms with Crippen LogP contribution >= 0.6 is 0 Å². The Bertz CT molecular complexity index is 622. The molecule has 2 N–H and O–H groups in total. The Labute approximate surface area is 120 Å². The lowest BCUT2D eigenvalue weighted by Gasteiger charge is -2.25. The van der Waals surface area contributed by atoms with Gasteiger partial charge >= 0.3 is 0 Å². The summed E-state index contributed by atoms with van der Waals surface area (Å²) in [6.45, 7) is 3.99. The molecule has 0 aliphatic rings. The standard InChI is InChI=1S/C17H20N2O/c1-12-6-4-8-15(10-12)17(20)19(3)13(2)14-7-5-9-16(18)11-14/h4-11,13H,18H2,1-3H3. The molecule has 3 heteroatoms. The Kier molecular flexibility index (Phi) is 4.08. The van der Waals surface area contributed by atoms with Crippen LogP contribution in [-0.4, -0.2) is 17.9 Å². The van der Waals surface area contributed by atoms with Gasteiger partial charge in [-0.2, -0.15) is 0 Å². The van der Waals surface area contributed by atoms with E-state index in [0.29, 0.717) is 11.3 Å². The predicted molar refractivity (Wildman–Crippen MR) is 82.5 cm³/mol. The van der Waals surface area contributed by atoms with Crippen LogP contribution in [0.4, 0.5) is 5.69 Å². The minimum absolute atomic E-state index is 0.0172. The van der Waals surface area contributed by atoms with Gasteiger partial charge in [-0.3, -0.25) is 4.79 Å². The fourth-order valence-electron chi connectivity index (χ4n) is 2.20. The van der Waals surface area contributed by atoms with Gasteiger partial charge in [0.2, 0.25) is 0 Å². The number of carbonyl (C=O) groups excluding carboxylic acids is 1. The van der Waals surface area contributed by atoms with Crippen molar-refractivity contribution in [3.63, 3.8) is 0 Å². The summed E-state index contributed by atoms with van der Waals surface area (Å²) in [6.07, 6.45) is 0. The van der Waals surface area contributed by atoms with Crippen LogP contribution in [0.15, 0.2) is 48.5 Å². The Morgan fingerprint density at radius 3 is 2.50 bits per heavy atom. The van der Waals surface area contributed by atoms with Crippen molar-refractivity contribution < 1.29 is 4.79 Å². The highest BCUT2D eigenvalue weighted by atomic mass is 16.2. The molecule has 0 saturated heterocycles. The van der Waals surface area contributed by atoms with E-state index in [1.54, 1.807) is 4.90 Å². The first-order valence-corrected chi connectivity index (χ1v) is 6.68. The van der Waals surface area contributed by atoms with E-state index in [-0.39, 0.29) is 11.9 Å². The zero-order valence-electron chi connectivity index (χ0n) is 12.1. The van der Waals surface area contributed by atoms with Crippen LogP contribution in [-0.2, 0) is 0 Å². The van der Waals surface area contributed by atoms with Crippen LogP contribution in [0.1, 0.15) is 34.5 Å². The Morgan fingerprint density at radius 1 is 1.15 bits per heavy atom. The summed E-state index contributed by atoms with van der Waals surface area (Å²) in [5.74, 6) is 0.0172. The number of carbonyl (C=O) groups is 1. The van der Waals surface area contributed by atoms with Crippen LogP contribution in [0.25, 0.3) is 0 Å². The van der Waals surface area contributed by atoms with Crippen molar-refractivity contribution in [3.8, 4) is 0 Å². The van der Waals surface area contributed by atoms with Crippen LogP contribution in [0.2, 0.25) is 0 Å². The molecule has 1 amide bonds. The summed E-state index contributed by atoms with van der Waals surface area (Å²) in [4.78, 5) is 14.2. The number of hydrogen-bond acceptors (Lipinski definition) is 2. The van der Waals surface area contributed by atoms with E-state index in [9.17, 15) is 4.79 Å². The summed E-state index contributed by atoms with van der Waals surface area (Å²) in [7, 11) is 1.82. The lowest BCUT2D eigenvalue weighted by atomic mass is 10.0. The maximum absolute atomic E-state index is 12.5. The lowest BCUT2D eigenvalue weighted by molar-refractivity contribution is 0.0742. The smallest absolute Gasteiger partial charge is 0.254 e. The van der Waals surface area contributed by atoms with E-state index in [1.165, 1.54) is 0 Å². The molecule has 104 valence electrons. The molecule has 0 bridgehead atoms. The van der Waals surface area contributed by atoms with Crippen molar-refractivity contribution >= 4 is 11.6 Å². The molecule has 0 heterocycles. The minimum atomic E-state index is -0.0217. The van der Waals surface area contributed by atoms with Gasteiger partial charge in [0, 0.05) is 18.3 Å². The molecule has 1 unspecified atom stereocenters. The van der Waals surface area contributed by atoms with Crippen molar-refractivity contribution in [1.82, 2.24) is 4.90 Å². The van der Waals surface area contributed by atoms with Crippen LogP contribution in [0.3, 0.4) is 0 Å². The number of amides is 1. The largest absolute Gasteiger partial charge is 0.399 e. The number of nitrogen functional groups attached to an aromatic ring is 1. The van der Waals surface area contributed by atoms with Gasteiger partial charge in [0.05, 0.1) is 6.04 Å². The molecule has 20 heavy (non-hydrogen) atoms. The highest BCUT2D eigenvalue weighted by molar-refractivity contribution is 5.94. The summed E-state index contributed by atoms with van der Waals surface area (Å²) in [5, 5.41) is 0. The second-order valence-electron chi connectivity index (χ2n) is 5.13. The molecule has 0 spiro atoms. The fourth-order valence-corrected chi connectivity index (χ4v) is 2.20. The van der Waals surface area contributed by atoms with Crippen LogP contribution in [0, 0.1) is 6.92 Å². The second-order valence-corrected chi connectivity index (χ2v) is 5.13. The number of nitrogens with zero attached hydrogens (tertiary/aromatic N) is 1. The third-order valence-electron chi connectivity index (χ3n) is 3.56. The molecule has 3 nitrogen and oxygen atoms in total. The first-order chi connectivity index (χ1) is 9.49. The number of anilines is 1. The van der Waals surface area contributed by atoms with Gasteiger partial charge in [-0.25, -0.2) is 0 Å². The molecule has 0 aliphatic heterocycles. The zero-order valence-corrected chi connectivity index (χ0v) is 12.1. The molecule has 0 aliphatic carbocycles. The maximum Gasteiger partial charge on any atom is 0.254 e. The molecule has 1 atom stereocenters. The van der Waals surface area contributed by atoms with Gasteiger partial charge in [0.1, 0.15) is 0 Å². The Balaban J connectivity index is 2.22. The summed E-state index contributed by atoms with van der Waals surface area (Å²) in [5.41, 5.74) is 9.34. The molecular weight excluding hydrogens is 248 g/mol. The lowest BCUT2D eigenvalue weighted by Crippen LogP contribution is -2.29. The number of aryl methyl sites for hydroxylation is 1. The van der Waals surface area contributed by atoms with Gasteiger partial charge < -0.3 is 10.6 Å². The number of rotatable bonds is 3. The number of nitrogens with two attached hydrogens (primary N) is 1. The summed E-state index contributed by atoms with van der Waals surface area (Å²) < 4.78 is 0. The fraction of sp³-hybridized carbons (Fsp3) is 0.235. The van der Waals surface area contributed by atoms with E-state index < -0.39 is 0 Å². The molecule has 2 aromatic carbocycles. The van der Waals surface area contributed by atoms with E-state index in [0.717, 1.165) is 11.1 Å². The summed E-state index contributed by atoms with van der Waals surface area (Å²) >= 11 is 0. The number of benzene rings is 2. The van der Waals surface area contributed by atoms with Crippen molar-refractivity contribution in [1.29, 1.82) is 0 Å². The Hall–Kier alpha value is -2.29. The van der Waals surface area contributed by atoms with Gasteiger partial charge in [-0.15, -0.1) is 0 Å². The van der Waals surface area contributed by atoms with Crippen molar-refractivity contribution in [2.24, 2.45) is 0 Å². The highest BCUT2D eigenvalue weighted by Crippen LogP contribution is 2.22. The van der Waals surface area contributed by atoms with Crippen LogP contribution < -0.4 is 5.73 Å². The predicted octanol–water partition coefficient (Wildman–Crippen LogP) is 3.41. The van der Waals surface area contributed by atoms with Crippen LogP contribution in [0.5, 0.6) is 0 Å². The highest BCUT2D eigenvalue weighted by Gasteiger charge is 2.18. The van der Waals surface area contributed by atoms with Gasteiger partial charge in [-0.1, -0.05) is 29.8 Å². The molecule has 0 saturated carbocycles. The molecule has 0 fully saturated rings. The van der Waals surface area contributed by atoms with Crippen molar-refractivity contribution in [2.75, 3.05) is 12.8 Å². The molecule has 0 radical (unpaired) electrons. The maximum atomic E-state index is 12.5. The first-order valence-electron chi connectivity index (χ1n) is 6.68. The minimum Gasteiger partial charge on any atom is -0.399 e. The average molecular weight is 268 g/mol.